The van der Waals surface area contributed by atoms with Crippen molar-refractivity contribution in [2.75, 3.05) is 46.4 Å². The molecule has 1 amide bonds. The zero-order chi connectivity index (χ0) is 16.6. The zero-order valence-corrected chi connectivity index (χ0v) is 14.7. The predicted octanol–water partition coefficient (Wildman–Crippen LogP) is 2.07. The molecule has 4 heteroatoms. The normalized spacial score (nSPS) is 29.3. The lowest BCUT2D eigenvalue weighted by Gasteiger charge is -2.30. The van der Waals surface area contributed by atoms with Gasteiger partial charge in [-0.2, -0.15) is 0 Å². The van der Waals surface area contributed by atoms with E-state index in [0.29, 0.717) is 5.91 Å². The Bertz CT molecular complexity index is 611. The number of rotatable bonds is 4. The lowest BCUT2D eigenvalue weighted by Crippen LogP contribution is -2.42. The van der Waals surface area contributed by atoms with Crippen molar-refractivity contribution < 1.29 is 9.53 Å². The van der Waals surface area contributed by atoms with Crippen LogP contribution in [0, 0.1) is 5.92 Å². The highest BCUT2D eigenvalue weighted by Gasteiger charge is 2.60. The van der Waals surface area contributed by atoms with Gasteiger partial charge in [-0.25, -0.2) is 0 Å². The molecule has 2 aliphatic carbocycles. The van der Waals surface area contributed by atoms with Crippen LogP contribution in [0.4, 0.5) is 0 Å². The highest BCUT2D eigenvalue weighted by atomic mass is 16.5. The molecule has 2 unspecified atom stereocenters. The van der Waals surface area contributed by atoms with Crippen LogP contribution in [0.25, 0.3) is 0 Å². The summed E-state index contributed by atoms with van der Waals surface area (Å²) in [5, 5.41) is 0. The van der Waals surface area contributed by atoms with Crippen LogP contribution in [0.5, 0.6) is 0 Å². The van der Waals surface area contributed by atoms with Gasteiger partial charge in [0, 0.05) is 44.6 Å². The van der Waals surface area contributed by atoms with Gasteiger partial charge in [-0.05, 0) is 36.8 Å². The number of benzene rings is 1. The number of fused-ring (bicyclic) bond motifs is 2. The maximum atomic E-state index is 12.9. The highest BCUT2D eigenvalue weighted by Crippen LogP contribution is 2.60. The second-order valence-electron chi connectivity index (χ2n) is 7.64. The molecule has 1 spiro atoms. The van der Waals surface area contributed by atoms with Gasteiger partial charge in [-0.3, -0.25) is 9.69 Å². The second kappa shape index (κ2) is 6.49. The standard InChI is InChI=1S/C20H28N2O2/c1-21(9-10-22-11-13-24-14-12-22)19(23)18-15-20(18)8-4-6-16-5-2-3-7-17(16)20/h2-3,5,7,18H,4,6,8-15H2,1H3. The van der Waals surface area contributed by atoms with E-state index in [4.69, 9.17) is 4.74 Å². The van der Waals surface area contributed by atoms with Crippen LogP contribution >= 0.6 is 0 Å². The van der Waals surface area contributed by atoms with E-state index in [-0.39, 0.29) is 11.3 Å². The Morgan fingerprint density at radius 1 is 1.33 bits per heavy atom. The molecule has 1 heterocycles. The van der Waals surface area contributed by atoms with Gasteiger partial charge in [0.1, 0.15) is 0 Å². The lowest BCUT2D eigenvalue weighted by molar-refractivity contribution is -0.132. The molecule has 0 radical (unpaired) electrons. The Morgan fingerprint density at radius 3 is 2.96 bits per heavy atom. The van der Waals surface area contributed by atoms with Crippen LogP contribution in [0.2, 0.25) is 0 Å². The maximum Gasteiger partial charge on any atom is 0.226 e. The van der Waals surface area contributed by atoms with E-state index in [9.17, 15) is 4.79 Å². The summed E-state index contributed by atoms with van der Waals surface area (Å²) < 4.78 is 5.39. The minimum Gasteiger partial charge on any atom is -0.379 e. The summed E-state index contributed by atoms with van der Waals surface area (Å²) in [7, 11) is 1.98. The monoisotopic (exact) mass is 328 g/mol. The molecule has 0 N–H and O–H groups in total. The van der Waals surface area contributed by atoms with Gasteiger partial charge in [0.05, 0.1) is 13.2 Å². The molecule has 0 bridgehead atoms. The van der Waals surface area contributed by atoms with E-state index in [2.05, 4.69) is 29.2 Å². The summed E-state index contributed by atoms with van der Waals surface area (Å²) in [6.45, 7) is 5.40. The Morgan fingerprint density at radius 2 is 2.12 bits per heavy atom. The number of aryl methyl sites for hydroxylation is 1. The molecule has 2 atom stereocenters. The fourth-order valence-electron chi connectivity index (χ4n) is 4.65. The van der Waals surface area contributed by atoms with Crippen LogP contribution in [-0.2, 0) is 21.4 Å². The third kappa shape index (κ3) is 2.86. The second-order valence-corrected chi connectivity index (χ2v) is 7.64. The number of likely N-dealkylation sites (N-methyl/N-ethyl adjacent to an activating group) is 1. The first kappa shape index (κ1) is 16.1. The highest BCUT2D eigenvalue weighted by molar-refractivity contribution is 5.84. The van der Waals surface area contributed by atoms with Crippen molar-refractivity contribution in [3.63, 3.8) is 0 Å². The van der Waals surface area contributed by atoms with Gasteiger partial charge < -0.3 is 9.64 Å². The van der Waals surface area contributed by atoms with Crippen molar-refractivity contribution in [1.82, 2.24) is 9.80 Å². The number of morpholine rings is 1. The SMILES string of the molecule is CN(CCN1CCOCC1)C(=O)C1CC12CCCc1ccccc12. The maximum absolute atomic E-state index is 12.9. The first-order valence-corrected chi connectivity index (χ1v) is 9.34. The molecule has 1 saturated carbocycles. The molecular formula is C20H28N2O2. The smallest absolute Gasteiger partial charge is 0.226 e. The van der Waals surface area contributed by atoms with Crippen LogP contribution < -0.4 is 0 Å². The van der Waals surface area contributed by atoms with E-state index in [0.717, 1.165) is 45.8 Å². The van der Waals surface area contributed by atoms with E-state index in [1.54, 1.807) is 0 Å². The number of hydrogen-bond donors (Lipinski definition) is 0. The number of ether oxygens (including phenoxy) is 1. The van der Waals surface area contributed by atoms with E-state index in [1.807, 2.05) is 11.9 Å². The van der Waals surface area contributed by atoms with Gasteiger partial charge in [-0.15, -0.1) is 0 Å². The summed E-state index contributed by atoms with van der Waals surface area (Å²) in [4.78, 5) is 17.3. The quantitative estimate of drug-likeness (QED) is 0.848. The van der Waals surface area contributed by atoms with Crippen molar-refractivity contribution in [3.05, 3.63) is 35.4 Å². The third-order valence-corrected chi connectivity index (χ3v) is 6.23. The topological polar surface area (TPSA) is 32.8 Å². The lowest BCUT2D eigenvalue weighted by atomic mass is 9.78. The van der Waals surface area contributed by atoms with Gasteiger partial charge >= 0.3 is 0 Å². The van der Waals surface area contributed by atoms with Gasteiger partial charge in [-0.1, -0.05) is 24.3 Å². The summed E-state index contributed by atoms with van der Waals surface area (Å²) >= 11 is 0. The first-order valence-electron chi connectivity index (χ1n) is 9.34. The van der Waals surface area contributed by atoms with Crippen LogP contribution in [0.3, 0.4) is 0 Å². The summed E-state index contributed by atoms with van der Waals surface area (Å²) in [5.41, 5.74) is 3.07. The molecule has 24 heavy (non-hydrogen) atoms. The molecule has 0 aromatic heterocycles. The molecule has 4 nitrogen and oxygen atoms in total. The van der Waals surface area contributed by atoms with Gasteiger partial charge in [0.15, 0.2) is 0 Å². The fraction of sp³-hybridized carbons (Fsp3) is 0.650. The van der Waals surface area contributed by atoms with Crippen molar-refractivity contribution in [2.24, 2.45) is 5.92 Å². The predicted molar refractivity (Wildman–Crippen MR) is 94.1 cm³/mol. The Labute approximate surface area is 144 Å². The van der Waals surface area contributed by atoms with E-state index < -0.39 is 0 Å². The Balaban J connectivity index is 1.38. The third-order valence-electron chi connectivity index (χ3n) is 6.23. The number of nitrogens with zero attached hydrogens (tertiary/aromatic N) is 2. The Hall–Kier alpha value is -1.39. The van der Waals surface area contributed by atoms with Gasteiger partial charge in [0.2, 0.25) is 5.91 Å². The number of hydrogen-bond acceptors (Lipinski definition) is 3. The number of amides is 1. The number of carbonyl (C=O) groups is 1. The summed E-state index contributed by atoms with van der Waals surface area (Å²) in [5.74, 6) is 0.550. The minimum absolute atomic E-state index is 0.152. The Kier molecular flexibility index (Phi) is 4.35. The van der Waals surface area contributed by atoms with Crippen LogP contribution in [0.15, 0.2) is 24.3 Å². The molecule has 1 saturated heterocycles. The summed E-state index contributed by atoms with van der Waals surface area (Å²) in [6.07, 6.45) is 4.62. The van der Waals surface area contributed by atoms with Crippen molar-refractivity contribution in [2.45, 2.75) is 31.1 Å². The molecule has 2 fully saturated rings. The molecular weight excluding hydrogens is 300 g/mol. The molecule has 130 valence electrons. The van der Waals surface area contributed by atoms with Crippen molar-refractivity contribution in [1.29, 1.82) is 0 Å². The fourth-order valence-corrected chi connectivity index (χ4v) is 4.65. The van der Waals surface area contributed by atoms with Crippen molar-refractivity contribution >= 4 is 5.91 Å². The number of carbonyl (C=O) groups excluding carboxylic acids is 1. The zero-order valence-electron chi connectivity index (χ0n) is 14.7. The van der Waals surface area contributed by atoms with E-state index in [1.165, 1.54) is 30.4 Å². The average molecular weight is 328 g/mol. The van der Waals surface area contributed by atoms with E-state index >= 15 is 0 Å². The molecule has 4 rings (SSSR count). The van der Waals surface area contributed by atoms with Crippen molar-refractivity contribution in [3.8, 4) is 0 Å². The molecule has 1 aromatic rings. The van der Waals surface area contributed by atoms with Gasteiger partial charge in [0.25, 0.3) is 0 Å². The molecule has 1 aliphatic heterocycles. The van der Waals surface area contributed by atoms with Crippen LogP contribution in [0.1, 0.15) is 30.4 Å². The first-order chi connectivity index (χ1) is 11.7. The average Bonchev–Trinajstić information content (AvgIpc) is 3.35. The minimum atomic E-state index is 0.152. The van der Waals surface area contributed by atoms with Crippen LogP contribution in [-0.4, -0.2) is 62.1 Å². The molecule has 1 aromatic carbocycles. The summed E-state index contributed by atoms with van der Waals surface area (Å²) in [6, 6.07) is 8.77. The molecule has 3 aliphatic rings. The largest absolute Gasteiger partial charge is 0.379 e.